The maximum atomic E-state index is 12.8. The average Bonchev–Trinajstić information content (AvgIpc) is 3.16. The molecule has 1 aliphatic carbocycles. The molecule has 0 radical (unpaired) electrons. The lowest BCUT2D eigenvalue weighted by Crippen LogP contribution is -2.33. The molecule has 1 aromatic heterocycles. The van der Waals surface area contributed by atoms with Gasteiger partial charge in [0.15, 0.2) is 5.78 Å². The molecule has 0 saturated heterocycles. The first-order valence-corrected chi connectivity index (χ1v) is 9.69. The molecule has 5 heteroatoms. The van der Waals surface area contributed by atoms with Crippen molar-refractivity contribution >= 4 is 28.7 Å². The first-order valence-electron chi connectivity index (χ1n) is 8.81. The number of hydrogen-bond donors (Lipinski definition) is 0. The lowest BCUT2D eigenvalue weighted by molar-refractivity contribution is -0.151. The van der Waals surface area contributed by atoms with Gasteiger partial charge in [0.25, 0.3) is 0 Å². The van der Waals surface area contributed by atoms with E-state index in [1.165, 1.54) is 0 Å². The Bertz CT molecular complexity index is 790. The number of thiophene rings is 1. The van der Waals surface area contributed by atoms with Gasteiger partial charge in [-0.15, -0.1) is 11.3 Å². The summed E-state index contributed by atoms with van der Waals surface area (Å²) in [4.78, 5) is 26.2. The summed E-state index contributed by atoms with van der Waals surface area (Å²) in [5.74, 6) is -0.763. The second kappa shape index (κ2) is 8.32. The number of carbonyl (C=O) groups is 2. The molecule has 0 spiro atoms. The Kier molecular flexibility index (Phi) is 5.89. The number of ketones is 1. The van der Waals surface area contributed by atoms with Crippen LogP contribution in [0.15, 0.2) is 47.9 Å². The Morgan fingerprint density at radius 2 is 1.92 bits per heavy atom. The van der Waals surface area contributed by atoms with Crippen LogP contribution in [0.4, 0.5) is 0 Å². The summed E-state index contributed by atoms with van der Waals surface area (Å²) in [6.07, 6.45) is 2.23. The van der Waals surface area contributed by atoms with Gasteiger partial charge in [-0.05, 0) is 61.1 Å². The number of allylic oxidation sites excluding steroid dienone is 2. The van der Waals surface area contributed by atoms with E-state index < -0.39 is 11.9 Å². The normalized spacial score (nSPS) is 19.8. The highest BCUT2D eigenvalue weighted by Gasteiger charge is 2.40. The number of ether oxygens (including phenoxy) is 2. The van der Waals surface area contributed by atoms with Gasteiger partial charge in [-0.25, -0.2) is 0 Å². The Balaban J connectivity index is 1.92. The number of esters is 1. The SMILES string of the molecule is CCOC(=O)[C@@H]1C(=O)C=C(c2ccc(OCC)cc2)C[C@@H]1c1cccs1. The van der Waals surface area contributed by atoms with Crippen molar-refractivity contribution in [2.24, 2.45) is 5.92 Å². The van der Waals surface area contributed by atoms with Crippen LogP contribution in [0.2, 0.25) is 0 Å². The first kappa shape index (κ1) is 18.4. The van der Waals surface area contributed by atoms with E-state index in [1.54, 1.807) is 24.3 Å². The van der Waals surface area contributed by atoms with Crippen molar-refractivity contribution in [1.29, 1.82) is 0 Å². The van der Waals surface area contributed by atoms with E-state index in [0.717, 1.165) is 21.8 Å². The summed E-state index contributed by atoms with van der Waals surface area (Å²) in [5.41, 5.74) is 1.92. The molecule has 2 aromatic rings. The Labute approximate surface area is 157 Å². The zero-order chi connectivity index (χ0) is 18.5. The van der Waals surface area contributed by atoms with E-state index in [9.17, 15) is 9.59 Å². The molecule has 0 unspecified atom stereocenters. The summed E-state index contributed by atoms with van der Waals surface area (Å²) < 4.78 is 10.6. The second-order valence-electron chi connectivity index (χ2n) is 6.09. The van der Waals surface area contributed by atoms with Gasteiger partial charge in [-0.3, -0.25) is 9.59 Å². The third kappa shape index (κ3) is 3.88. The van der Waals surface area contributed by atoms with Crippen molar-refractivity contribution in [2.75, 3.05) is 13.2 Å². The third-order valence-corrected chi connectivity index (χ3v) is 5.45. The Morgan fingerprint density at radius 3 is 2.54 bits per heavy atom. The second-order valence-corrected chi connectivity index (χ2v) is 7.06. The van der Waals surface area contributed by atoms with Crippen LogP contribution in [0, 0.1) is 5.92 Å². The minimum absolute atomic E-state index is 0.183. The number of hydrogen-bond acceptors (Lipinski definition) is 5. The largest absolute Gasteiger partial charge is 0.494 e. The molecule has 3 rings (SSSR count). The van der Waals surface area contributed by atoms with Crippen LogP contribution in [0.25, 0.3) is 5.57 Å². The maximum absolute atomic E-state index is 12.8. The van der Waals surface area contributed by atoms with E-state index in [1.807, 2.05) is 48.7 Å². The maximum Gasteiger partial charge on any atom is 0.317 e. The summed E-state index contributed by atoms with van der Waals surface area (Å²) in [6.45, 7) is 4.58. The zero-order valence-electron chi connectivity index (χ0n) is 14.9. The van der Waals surface area contributed by atoms with Gasteiger partial charge in [-0.1, -0.05) is 18.2 Å². The number of rotatable bonds is 6. The van der Waals surface area contributed by atoms with Crippen molar-refractivity contribution in [3.63, 3.8) is 0 Å². The molecule has 2 atom stereocenters. The van der Waals surface area contributed by atoms with Crippen molar-refractivity contribution in [3.8, 4) is 5.75 Å². The molecular formula is C21H22O4S. The molecule has 0 amide bonds. The summed E-state index contributed by atoms with van der Waals surface area (Å²) in [6, 6.07) is 11.7. The summed E-state index contributed by atoms with van der Waals surface area (Å²) >= 11 is 1.57. The molecule has 0 bridgehead atoms. The highest BCUT2D eigenvalue weighted by Crippen LogP contribution is 2.42. The van der Waals surface area contributed by atoms with Crippen molar-refractivity contribution in [3.05, 3.63) is 58.3 Å². The lowest BCUT2D eigenvalue weighted by Gasteiger charge is -2.28. The molecule has 4 nitrogen and oxygen atoms in total. The highest BCUT2D eigenvalue weighted by atomic mass is 32.1. The quantitative estimate of drug-likeness (QED) is 0.556. The fourth-order valence-electron chi connectivity index (χ4n) is 3.29. The van der Waals surface area contributed by atoms with E-state index in [4.69, 9.17) is 9.47 Å². The van der Waals surface area contributed by atoms with Crippen molar-refractivity contribution in [1.82, 2.24) is 0 Å². The molecule has 0 fully saturated rings. The minimum Gasteiger partial charge on any atom is -0.494 e. The van der Waals surface area contributed by atoms with E-state index in [-0.39, 0.29) is 18.3 Å². The zero-order valence-corrected chi connectivity index (χ0v) is 15.8. The van der Waals surface area contributed by atoms with Gasteiger partial charge in [0.1, 0.15) is 11.7 Å². The molecular weight excluding hydrogens is 348 g/mol. The Hall–Kier alpha value is -2.40. The predicted octanol–water partition coefficient (Wildman–Crippen LogP) is 4.47. The number of benzene rings is 1. The van der Waals surface area contributed by atoms with Crippen LogP contribution in [0.1, 0.15) is 36.6 Å². The molecule has 26 heavy (non-hydrogen) atoms. The Morgan fingerprint density at radius 1 is 1.15 bits per heavy atom. The summed E-state index contributed by atoms with van der Waals surface area (Å²) in [5, 5.41) is 1.97. The summed E-state index contributed by atoms with van der Waals surface area (Å²) in [7, 11) is 0. The van der Waals surface area contributed by atoms with E-state index in [0.29, 0.717) is 13.0 Å². The standard InChI is InChI=1S/C21H22O4S/c1-3-24-16-9-7-14(8-10-16)15-12-17(19-6-5-11-26-19)20(18(22)13-15)21(23)25-4-2/h5-11,13,17,20H,3-4,12H2,1-2H3/t17-,20+/m1/s1. The van der Waals surface area contributed by atoms with Gasteiger partial charge >= 0.3 is 5.97 Å². The van der Waals surface area contributed by atoms with Gasteiger partial charge in [0.2, 0.25) is 0 Å². The average molecular weight is 370 g/mol. The van der Waals surface area contributed by atoms with Gasteiger partial charge in [0, 0.05) is 10.8 Å². The third-order valence-electron chi connectivity index (χ3n) is 4.45. The van der Waals surface area contributed by atoms with Crippen LogP contribution in [0.3, 0.4) is 0 Å². The predicted molar refractivity (Wildman–Crippen MR) is 102 cm³/mol. The lowest BCUT2D eigenvalue weighted by atomic mass is 9.76. The van der Waals surface area contributed by atoms with E-state index in [2.05, 4.69) is 0 Å². The fraction of sp³-hybridized carbons (Fsp3) is 0.333. The van der Waals surface area contributed by atoms with Crippen LogP contribution in [0.5, 0.6) is 5.75 Å². The molecule has 0 saturated carbocycles. The molecule has 0 N–H and O–H groups in total. The monoisotopic (exact) mass is 370 g/mol. The number of carbonyl (C=O) groups excluding carboxylic acids is 2. The fourth-order valence-corrected chi connectivity index (χ4v) is 4.15. The molecule has 136 valence electrons. The molecule has 1 aromatic carbocycles. The molecule has 1 heterocycles. The van der Waals surface area contributed by atoms with Gasteiger partial charge in [-0.2, -0.15) is 0 Å². The van der Waals surface area contributed by atoms with Crippen LogP contribution in [-0.4, -0.2) is 25.0 Å². The van der Waals surface area contributed by atoms with Gasteiger partial charge < -0.3 is 9.47 Å². The molecule has 0 aliphatic heterocycles. The van der Waals surface area contributed by atoms with Crippen LogP contribution < -0.4 is 4.74 Å². The van der Waals surface area contributed by atoms with Crippen molar-refractivity contribution < 1.29 is 19.1 Å². The van der Waals surface area contributed by atoms with Crippen LogP contribution in [-0.2, 0) is 14.3 Å². The topological polar surface area (TPSA) is 52.6 Å². The smallest absolute Gasteiger partial charge is 0.317 e. The van der Waals surface area contributed by atoms with Crippen molar-refractivity contribution in [2.45, 2.75) is 26.2 Å². The minimum atomic E-state index is -0.764. The first-order chi connectivity index (χ1) is 12.6. The highest BCUT2D eigenvalue weighted by molar-refractivity contribution is 7.10. The molecule has 1 aliphatic rings. The van der Waals surface area contributed by atoms with Crippen LogP contribution >= 0.6 is 11.3 Å². The van der Waals surface area contributed by atoms with E-state index >= 15 is 0 Å². The van der Waals surface area contributed by atoms with Gasteiger partial charge in [0.05, 0.1) is 13.2 Å².